The number of rotatable bonds is 8. The summed E-state index contributed by atoms with van der Waals surface area (Å²) in [5.41, 5.74) is 1.06. The standard InChI is InChI=1S/C22H27FN2O3/c1-27-21-11-3-2-10-20(21)25-13-5-8-18(16-25)24-22(26)12-6-14-28-19-9-4-7-17(23)15-19/h2-4,7,9-11,15,18H,5-6,8,12-14,16H2,1H3,(H,24,26). The lowest BCUT2D eigenvalue weighted by Crippen LogP contribution is -2.47. The minimum absolute atomic E-state index is 0.0229. The molecule has 0 aromatic heterocycles. The summed E-state index contributed by atoms with van der Waals surface area (Å²) in [6.45, 7) is 2.11. The number of ether oxygens (including phenoxy) is 2. The first kappa shape index (κ1) is 20.0. The maximum atomic E-state index is 13.1. The molecule has 1 aliphatic heterocycles. The molecule has 150 valence electrons. The van der Waals surface area contributed by atoms with Crippen molar-refractivity contribution in [3.05, 3.63) is 54.3 Å². The Hall–Kier alpha value is -2.76. The summed E-state index contributed by atoms with van der Waals surface area (Å²) in [6.07, 6.45) is 2.97. The van der Waals surface area contributed by atoms with E-state index in [1.165, 1.54) is 12.1 Å². The number of para-hydroxylation sites is 2. The quantitative estimate of drug-likeness (QED) is 0.702. The van der Waals surface area contributed by atoms with E-state index in [-0.39, 0.29) is 17.8 Å². The fourth-order valence-electron chi connectivity index (χ4n) is 3.48. The zero-order valence-electron chi connectivity index (χ0n) is 16.2. The maximum Gasteiger partial charge on any atom is 0.220 e. The van der Waals surface area contributed by atoms with Crippen LogP contribution in [0.5, 0.6) is 11.5 Å². The first-order valence-electron chi connectivity index (χ1n) is 9.71. The van der Waals surface area contributed by atoms with Gasteiger partial charge in [-0.1, -0.05) is 18.2 Å². The Morgan fingerprint density at radius 2 is 2.11 bits per heavy atom. The molecule has 0 bridgehead atoms. The van der Waals surface area contributed by atoms with Crippen LogP contribution in [-0.2, 0) is 4.79 Å². The number of hydrogen-bond donors (Lipinski definition) is 1. The Labute approximate surface area is 165 Å². The van der Waals surface area contributed by atoms with E-state index in [9.17, 15) is 9.18 Å². The smallest absolute Gasteiger partial charge is 0.220 e. The summed E-state index contributed by atoms with van der Waals surface area (Å²) in [6, 6.07) is 14.1. The SMILES string of the molecule is COc1ccccc1N1CCCC(NC(=O)CCCOc2cccc(F)c2)C1. The molecule has 1 fully saturated rings. The molecule has 1 atom stereocenters. The number of benzene rings is 2. The highest BCUT2D eigenvalue weighted by atomic mass is 19.1. The number of anilines is 1. The van der Waals surface area contributed by atoms with E-state index < -0.39 is 0 Å². The van der Waals surface area contributed by atoms with Crippen LogP contribution in [0.1, 0.15) is 25.7 Å². The van der Waals surface area contributed by atoms with Crippen LogP contribution in [-0.4, -0.2) is 38.8 Å². The van der Waals surface area contributed by atoms with Crippen LogP contribution in [0.3, 0.4) is 0 Å². The van der Waals surface area contributed by atoms with Crippen molar-refractivity contribution >= 4 is 11.6 Å². The Morgan fingerprint density at radius 1 is 1.25 bits per heavy atom. The van der Waals surface area contributed by atoms with E-state index in [2.05, 4.69) is 10.2 Å². The van der Waals surface area contributed by atoms with E-state index in [1.807, 2.05) is 24.3 Å². The molecule has 6 heteroatoms. The topological polar surface area (TPSA) is 50.8 Å². The molecule has 0 aliphatic carbocycles. The van der Waals surface area contributed by atoms with Crippen LogP contribution in [0.25, 0.3) is 0 Å². The second-order valence-corrected chi connectivity index (χ2v) is 6.93. The van der Waals surface area contributed by atoms with E-state index in [0.29, 0.717) is 25.2 Å². The lowest BCUT2D eigenvalue weighted by molar-refractivity contribution is -0.122. The van der Waals surface area contributed by atoms with Crippen LogP contribution in [0, 0.1) is 5.82 Å². The van der Waals surface area contributed by atoms with Gasteiger partial charge in [0.1, 0.15) is 17.3 Å². The zero-order valence-corrected chi connectivity index (χ0v) is 16.2. The van der Waals surface area contributed by atoms with Crippen molar-refractivity contribution < 1.29 is 18.7 Å². The molecule has 0 saturated carbocycles. The van der Waals surface area contributed by atoms with Crippen molar-refractivity contribution in [2.75, 3.05) is 31.7 Å². The van der Waals surface area contributed by atoms with Gasteiger partial charge in [-0.2, -0.15) is 0 Å². The third kappa shape index (κ3) is 5.62. The molecule has 3 rings (SSSR count). The van der Waals surface area contributed by atoms with E-state index >= 15 is 0 Å². The molecule has 5 nitrogen and oxygen atoms in total. The molecule has 1 aliphatic rings. The van der Waals surface area contributed by atoms with Crippen LogP contribution in [0.15, 0.2) is 48.5 Å². The Bertz CT molecular complexity index is 784. The molecule has 1 unspecified atom stereocenters. The molecule has 0 radical (unpaired) electrons. The number of hydrogen-bond acceptors (Lipinski definition) is 4. The van der Waals surface area contributed by atoms with Crippen LogP contribution in [0.2, 0.25) is 0 Å². The van der Waals surface area contributed by atoms with E-state index in [1.54, 1.807) is 19.2 Å². The number of nitrogens with zero attached hydrogens (tertiary/aromatic N) is 1. The summed E-state index contributed by atoms with van der Waals surface area (Å²) in [5.74, 6) is 1.03. The van der Waals surface area contributed by atoms with E-state index in [0.717, 1.165) is 37.4 Å². The summed E-state index contributed by atoms with van der Waals surface area (Å²) in [7, 11) is 1.67. The lowest BCUT2D eigenvalue weighted by atomic mass is 10.0. The second-order valence-electron chi connectivity index (χ2n) is 6.93. The number of carbonyl (C=O) groups excluding carboxylic acids is 1. The van der Waals surface area contributed by atoms with Gasteiger partial charge in [-0.05, 0) is 43.5 Å². The number of piperidine rings is 1. The summed E-state index contributed by atoms with van der Waals surface area (Å²) >= 11 is 0. The van der Waals surface area contributed by atoms with Gasteiger partial charge in [-0.3, -0.25) is 4.79 Å². The summed E-state index contributed by atoms with van der Waals surface area (Å²) in [4.78, 5) is 14.5. The Kier molecular flexibility index (Phi) is 7.12. The molecule has 1 N–H and O–H groups in total. The first-order chi connectivity index (χ1) is 13.7. The van der Waals surface area contributed by atoms with E-state index in [4.69, 9.17) is 9.47 Å². The van der Waals surface area contributed by atoms with Crippen molar-refractivity contribution in [2.24, 2.45) is 0 Å². The van der Waals surface area contributed by atoms with Crippen molar-refractivity contribution in [3.8, 4) is 11.5 Å². The van der Waals surface area contributed by atoms with Gasteiger partial charge >= 0.3 is 0 Å². The van der Waals surface area contributed by atoms with Gasteiger partial charge in [-0.25, -0.2) is 4.39 Å². The van der Waals surface area contributed by atoms with Gasteiger partial charge in [0.15, 0.2) is 0 Å². The van der Waals surface area contributed by atoms with Gasteiger partial charge in [0, 0.05) is 31.6 Å². The highest BCUT2D eigenvalue weighted by molar-refractivity contribution is 5.76. The van der Waals surface area contributed by atoms with Gasteiger partial charge in [0.2, 0.25) is 5.91 Å². The number of halogens is 1. The van der Waals surface area contributed by atoms with Gasteiger partial charge in [0.05, 0.1) is 19.4 Å². The van der Waals surface area contributed by atoms with Gasteiger partial charge in [-0.15, -0.1) is 0 Å². The summed E-state index contributed by atoms with van der Waals surface area (Å²) < 4.78 is 24.1. The molecule has 28 heavy (non-hydrogen) atoms. The number of nitrogens with one attached hydrogen (secondary N) is 1. The highest BCUT2D eigenvalue weighted by Gasteiger charge is 2.23. The van der Waals surface area contributed by atoms with Gasteiger partial charge < -0.3 is 19.7 Å². The molecule has 1 heterocycles. The van der Waals surface area contributed by atoms with Crippen LogP contribution < -0.4 is 19.7 Å². The van der Waals surface area contributed by atoms with Crippen molar-refractivity contribution in [1.29, 1.82) is 0 Å². The highest BCUT2D eigenvalue weighted by Crippen LogP contribution is 2.29. The van der Waals surface area contributed by atoms with Crippen molar-refractivity contribution in [3.63, 3.8) is 0 Å². The minimum atomic E-state index is -0.327. The molecule has 2 aromatic rings. The average molecular weight is 386 g/mol. The molecular formula is C22H27FN2O3. The average Bonchev–Trinajstić information content (AvgIpc) is 2.71. The Balaban J connectivity index is 1.42. The predicted octanol–water partition coefficient (Wildman–Crippen LogP) is 3.78. The Morgan fingerprint density at radius 3 is 2.93 bits per heavy atom. The maximum absolute atomic E-state index is 13.1. The van der Waals surface area contributed by atoms with Crippen molar-refractivity contribution in [2.45, 2.75) is 31.7 Å². The molecular weight excluding hydrogens is 359 g/mol. The normalized spacial score (nSPS) is 16.5. The lowest BCUT2D eigenvalue weighted by Gasteiger charge is -2.35. The largest absolute Gasteiger partial charge is 0.495 e. The fourth-order valence-corrected chi connectivity index (χ4v) is 3.48. The minimum Gasteiger partial charge on any atom is -0.495 e. The number of methoxy groups -OCH3 is 1. The summed E-state index contributed by atoms with van der Waals surface area (Å²) in [5, 5.41) is 3.13. The fraction of sp³-hybridized carbons (Fsp3) is 0.409. The second kappa shape index (κ2) is 9.97. The molecule has 1 amide bonds. The first-order valence-corrected chi connectivity index (χ1v) is 9.71. The van der Waals surface area contributed by atoms with Crippen LogP contribution >= 0.6 is 0 Å². The van der Waals surface area contributed by atoms with Gasteiger partial charge in [0.25, 0.3) is 0 Å². The third-order valence-electron chi connectivity index (χ3n) is 4.83. The zero-order chi connectivity index (χ0) is 19.8. The predicted molar refractivity (Wildman–Crippen MR) is 108 cm³/mol. The van der Waals surface area contributed by atoms with Crippen LogP contribution in [0.4, 0.5) is 10.1 Å². The monoisotopic (exact) mass is 386 g/mol. The molecule has 1 saturated heterocycles. The number of carbonyl (C=O) groups is 1. The third-order valence-corrected chi connectivity index (χ3v) is 4.83. The van der Waals surface area contributed by atoms with Crippen molar-refractivity contribution in [1.82, 2.24) is 5.32 Å². The number of amides is 1. The molecule has 0 spiro atoms. The molecule has 2 aromatic carbocycles.